The van der Waals surface area contributed by atoms with Crippen LogP contribution in [0.25, 0.3) is 0 Å². The first-order valence-corrected chi connectivity index (χ1v) is 6.73. The van der Waals surface area contributed by atoms with Crippen LogP contribution in [0, 0.1) is 0 Å². The van der Waals surface area contributed by atoms with Crippen LogP contribution in [0.15, 0.2) is 28.4 Å². The molecular weight excluding hydrogens is 373 g/mol. The summed E-state index contributed by atoms with van der Waals surface area (Å²) < 4.78 is 9.55. The molecular formula is C12H10BrCl2NO4. The van der Waals surface area contributed by atoms with Crippen molar-refractivity contribution in [3.8, 4) is 0 Å². The second kappa shape index (κ2) is 7.52. The number of carbonyl (C=O) groups excluding carboxylic acids is 2. The van der Waals surface area contributed by atoms with Gasteiger partial charge in [-0.05, 0) is 28.1 Å². The molecule has 0 spiro atoms. The number of anilines is 1. The third-order valence-corrected chi connectivity index (χ3v) is 4.04. The summed E-state index contributed by atoms with van der Waals surface area (Å²) >= 11 is 15.1. The van der Waals surface area contributed by atoms with Crippen molar-refractivity contribution in [1.29, 1.82) is 0 Å². The molecule has 0 bridgehead atoms. The zero-order valence-corrected chi connectivity index (χ0v) is 13.6. The Bertz CT molecular complexity index is 552. The quantitative estimate of drug-likeness (QED) is 0.491. The Morgan fingerprint density at radius 2 is 1.75 bits per heavy atom. The highest BCUT2D eigenvalue weighted by atomic mass is 79.9. The monoisotopic (exact) mass is 381 g/mol. The first kappa shape index (κ1) is 16.8. The molecule has 1 aromatic rings. The van der Waals surface area contributed by atoms with E-state index in [9.17, 15) is 9.59 Å². The van der Waals surface area contributed by atoms with E-state index in [0.717, 1.165) is 6.08 Å². The van der Waals surface area contributed by atoms with Gasteiger partial charge in [-0.25, -0.2) is 9.59 Å². The topological polar surface area (TPSA) is 64.6 Å². The van der Waals surface area contributed by atoms with E-state index in [2.05, 4.69) is 30.7 Å². The van der Waals surface area contributed by atoms with Gasteiger partial charge in [-0.3, -0.25) is 0 Å². The number of methoxy groups -OCH3 is 2. The van der Waals surface area contributed by atoms with E-state index in [1.54, 1.807) is 0 Å². The van der Waals surface area contributed by atoms with Crippen LogP contribution in [0.3, 0.4) is 0 Å². The fraction of sp³-hybridized carbons (Fsp3) is 0.167. The van der Waals surface area contributed by atoms with Crippen molar-refractivity contribution in [1.82, 2.24) is 0 Å². The van der Waals surface area contributed by atoms with Crippen molar-refractivity contribution in [2.75, 3.05) is 19.5 Å². The molecule has 0 fully saturated rings. The molecule has 0 saturated carbocycles. The van der Waals surface area contributed by atoms with Crippen LogP contribution in [-0.2, 0) is 19.1 Å². The normalized spacial score (nSPS) is 10.9. The Kier molecular flexibility index (Phi) is 6.32. The van der Waals surface area contributed by atoms with Gasteiger partial charge >= 0.3 is 11.9 Å². The highest BCUT2D eigenvalue weighted by Gasteiger charge is 2.14. The Hall–Kier alpha value is -1.24. The van der Waals surface area contributed by atoms with E-state index >= 15 is 0 Å². The summed E-state index contributed by atoms with van der Waals surface area (Å²) in [6, 6.07) is 3.07. The van der Waals surface area contributed by atoms with Gasteiger partial charge in [0.25, 0.3) is 0 Å². The molecule has 0 unspecified atom stereocenters. The minimum Gasteiger partial charge on any atom is -0.466 e. The molecule has 0 aliphatic heterocycles. The summed E-state index contributed by atoms with van der Waals surface area (Å²) in [6.45, 7) is 0. The number of benzene rings is 1. The third-order valence-electron chi connectivity index (χ3n) is 2.13. The molecule has 1 N–H and O–H groups in total. The highest BCUT2D eigenvalue weighted by molar-refractivity contribution is 9.10. The second-order valence-corrected chi connectivity index (χ2v) is 5.06. The molecule has 0 aromatic heterocycles. The Morgan fingerprint density at radius 1 is 1.20 bits per heavy atom. The molecule has 0 saturated heterocycles. The van der Waals surface area contributed by atoms with Gasteiger partial charge in [-0.1, -0.05) is 23.2 Å². The Labute approximate surface area is 134 Å². The molecule has 20 heavy (non-hydrogen) atoms. The lowest BCUT2D eigenvalue weighted by Crippen LogP contribution is -2.15. The minimum absolute atomic E-state index is 0.103. The van der Waals surface area contributed by atoms with E-state index in [1.807, 2.05) is 0 Å². The predicted octanol–water partition coefficient (Wildman–Crippen LogP) is 3.40. The smallest absolute Gasteiger partial charge is 0.354 e. The van der Waals surface area contributed by atoms with Crippen LogP contribution in [0.1, 0.15) is 0 Å². The summed E-state index contributed by atoms with van der Waals surface area (Å²) in [6.07, 6.45) is 0.968. The van der Waals surface area contributed by atoms with E-state index in [4.69, 9.17) is 23.2 Å². The number of esters is 2. The number of hydrogen-bond donors (Lipinski definition) is 1. The Balaban J connectivity index is 3.10. The van der Waals surface area contributed by atoms with Crippen molar-refractivity contribution in [2.24, 2.45) is 0 Å². The fourth-order valence-electron chi connectivity index (χ4n) is 1.22. The largest absolute Gasteiger partial charge is 0.466 e. The zero-order valence-electron chi connectivity index (χ0n) is 10.5. The van der Waals surface area contributed by atoms with Gasteiger partial charge in [0.05, 0.1) is 34.8 Å². The van der Waals surface area contributed by atoms with Gasteiger partial charge in [0, 0.05) is 5.69 Å². The van der Waals surface area contributed by atoms with E-state index < -0.39 is 11.9 Å². The van der Waals surface area contributed by atoms with Gasteiger partial charge in [0.2, 0.25) is 0 Å². The SMILES string of the molecule is COC(=O)/C=C(/Nc1cc(Cl)c(Br)c(Cl)c1)C(=O)OC. The first-order chi connectivity index (χ1) is 9.38. The maximum absolute atomic E-state index is 11.6. The van der Waals surface area contributed by atoms with Gasteiger partial charge in [0.1, 0.15) is 5.70 Å². The van der Waals surface area contributed by atoms with Crippen LogP contribution in [0.5, 0.6) is 0 Å². The fourth-order valence-corrected chi connectivity index (χ4v) is 1.93. The van der Waals surface area contributed by atoms with E-state index in [1.165, 1.54) is 26.4 Å². The minimum atomic E-state index is -0.731. The molecule has 0 aliphatic carbocycles. The number of nitrogens with one attached hydrogen (secondary N) is 1. The Morgan fingerprint density at radius 3 is 2.20 bits per heavy atom. The number of ether oxygens (including phenoxy) is 2. The van der Waals surface area contributed by atoms with Crippen LogP contribution in [-0.4, -0.2) is 26.2 Å². The lowest BCUT2D eigenvalue weighted by atomic mass is 10.3. The number of carbonyl (C=O) groups is 2. The molecule has 0 atom stereocenters. The van der Waals surface area contributed by atoms with Crippen LogP contribution < -0.4 is 5.32 Å². The second-order valence-electron chi connectivity index (χ2n) is 3.45. The molecule has 5 nitrogen and oxygen atoms in total. The molecule has 0 amide bonds. The number of rotatable bonds is 4. The van der Waals surface area contributed by atoms with Crippen molar-refractivity contribution in [3.05, 3.63) is 38.4 Å². The van der Waals surface area contributed by atoms with Crippen LogP contribution >= 0.6 is 39.1 Å². The number of hydrogen-bond acceptors (Lipinski definition) is 5. The summed E-state index contributed by atoms with van der Waals surface area (Å²) in [5, 5.41) is 3.40. The van der Waals surface area contributed by atoms with E-state index in [-0.39, 0.29) is 5.70 Å². The molecule has 108 valence electrons. The highest BCUT2D eigenvalue weighted by Crippen LogP contribution is 2.33. The van der Waals surface area contributed by atoms with Gasteiger partial charge < -0.3 is 14.8 Å². The van der Waals surface area contributed by atoms with Gasteiger partial charge in [-0.2, -0.15) is 0 Å². The van der Waals surface area contributed by atoms with Crippen molar-refractivity contribution in [2.45, 2.75) is 0 Å². The average Bonchev–Trinajstić information content (AvgIpc) is 2.42. The first-order valence-electron chi connectivity index (χ1n) is 5.18. The van der Waals surface area contributed by atoms with Crippen molar-refractivity contribution >= 4 is 56.8 Å². The number of halogens is 3. The maximum Gasteiger partial charge on any atom is 0.354 e. The van der Waals surface area contributed by atoms with E-state index in [0.29, 0.717) is 20.2 Å². The van der Waals surface area contributed by atoms with Crippen LogP contribution in [0.2, 0.25) is 10.0 Å². The molecule has 0 heterocycles. The van der Waals surface area contributed by atoms with Gasteiger partial charge in [-0.15, -0.1) is 0 Å². The lowest BCUT2D eigenvalue weighted by Gasteiger charge is -2.10. The van der Waals surface area contributed by atoms with Gasteiger partial charge in [0.15, 0.2) is 0 Å². The molecule has 1 aromatic carbocycles. The van der Waals surface area contributed by atoms with Crippen molar-refractivity contribution in [3.63, 3.8) is 0 Å². The zero-order chi connectivity index (χ0) is 15.3. The molecule has 0 aliphatic rings. The standard InChI is InChI=1S/C12H10BrCl2NO4/c1-19-10(17)5-9(12(18)20-2)16-6-3-7(14)11(13)8(15)4-6/h3-5,16H,1-2H3/b9-5+. The lowest BCUT2D eigenvalue weighted by molar-refractivity contribution is -0.138. The third kappa shape index (κ3) is 4.40. The molecule has 8 heteroatoms. The summed E-state index contributed by atoms with van der Waals surface area (Å²) in [5.41, 5.74) is 0.317. The maximum atomic E-state index is 11.6. The summed E-state index contributed by atoms with van der Waals surface area (Å²) in [4.78, 5) is 22.8. The predicted molar refractivity (Wildman–Crippen MR) is 79.9 cm³/mol. The van der Waals surface area contributed by atoms with Crippen molar-refractivity contribution < 1.29 is 19.1 Å². The summed E-state index contributed by atoms with van der Waals surface area (Å²) in [5.74, 6) is -1.43. The molecule has 1 rings (SSSR count). The average molecular weight is 383 g/mol. The molecule has 0 radical (unpaired) electrons. The summed E-state index contributed by atoms with van der Waals surface area (Å²) in [7, 11) is 2.39. The van der Waals surface area contributed by atoms with Crippen LogP contribution in [0.4, 0.5) is 5.69 Å².